The molecule has 2 heterocycles. The number of rotatable bonds is 3. The van der Waals surface area contributed by atoms with Crippen molar-refractivity contribution in [2.75, 3.05) is 24.5 Å². The fourth-order valence-corrected chi connectivity index (χ4v) is 2.41. The number of pyridine rings is 1. The third-order valence-electron chi connectivity index (χ3n) is 3.32. The van der Waals surface area contributed by atoms with Gasteiger partial charge in [-0.2, -0.15) is 13.2 Å². The van der Waals surface area contributed by atoms with E-state index in [1.807, 2.05) is 0 Å². The summed E-state index contributed by atoms with van der Waals surface area (Å²) < 4.78 is 37.3. The molecule has 1 atom stereocenters. The van der Waals surface area contributed by atoms with Gasteiger partial charge in [0.2, 0.25) is 0 Å². The monoisotopic (exact) mass is 273 g/mol. The molecule has 3 nitrogen and oxygen atoms in total. The molecule has 1 aromatic rings. The van der Waals surface area contributed by atoms with Gasteiger partial charge in [0, 0.05) is 19.1 Å². The number of halogens is 3. The number of hydrogen-bond donors (Lipinski definition) is 1. The van der Waals surface area contributed by atoms with Crippen LogP contribution in [-0.4, -0.2) is 30.7 Å². The highest BCUT2D eigenvalue weighted by Gasteiger charge is 2.32. The van der Waals surface area contributed by atoms with Crippen molar-refractivity contribution in [3.63, 3.8) is 0 Å². The van der Waals surface area contributed by atoms with Crippen LogP contribution >= 0.6 is 0 Å². The molecule has 106 valence electrons. The van der Waals surface area contributed by atoms with E-state index in [-0.39, 0.29) is 0 Å². The van der Waals surface area contributed by atoms with Crippen molar-refractivity contribution >= 4 is 5.69 Å². The third kappa shape index (κ3) is 3.59. The Morgan fingerprint density at radius 2 is 2.21 bits per heavy atom. The Hall–Kier alpha value is -1.30. The number of aromatic nitrogens is 1. The average Bonchev–Trinajstić information content (AvgIpc) is 2.39. The van der Waals surface area contributed by atoms with Crippen LogP contribution in [0.25, 0.3) is 0 Å². The summed E-state index contributed by atoms with van der Waals surface area (Å²) in [5.74, 6) is 0. The van der Waals surface area contributed by atoms with E-state index in [2.05, 4.69) is 22.1 Å². The lowest BCUT2D eigenvalue weighted by Gasteiger charge is -2.34. The van der Waals surface area contributed by atoms with E-state index in [1.165, 1.54) is 12.3 Å². The molecule has 19 heavy (non-hydrogen) atoms. The number of piperidine rings is 1. The molecular formula is C13H18F3N3. The lowest BCUT2D eigenvalue weighted by molar-refractivity contribution is -0.141. The molecule has 0 saturated carbocycles. The van der Waals surface area contributed by atoms with Gasteiger partial charge in [-0.15, -0.1) is 0 Å². The van der Waals surface area contributed by atoms with Crippen LogP contribution in [0.5, 0.6) is 0 Å². The smallest absolute Gasteiger partial charge is 0.369 e. The number of likely N-dealkylation sites (N-methyl/N-ethyl adjacent to an activating group) is 1. The molecule has 0 radical (unpaired) electrons. The van der Waals surface area contributed by atoms with Gasteiger partial charge < -0.3 is 10.2 Å². The van der Waals surface area contributed by atoms with Crippen LogP contribution < -0.4 is 10.2 Å². The molecule has 0 bridgehead atoms. The quantitative estimate of drug-likeness (QED) is 0.917. The summed E-state index contributed by atoms with van der Waals surface area (Å²) in [4.78, 5) is 5.60. The average molecular weight is 273 g/mol. The second-order valence-corrected chi connectivity index (χ2v) is 4.74. The largest absolute Gasteiger partial charge is 0.433 e. The second kappa shape index (κ2) is 5.77. The minimum absolute atomic E-state index is 0.404. The number of hydrogen-bond acceptors (Lipinski definition) is 3. The molecule has 1 unspecified atom stereocenters. The minimum Gasteiger partial charge on any atom is -0.369 e. The Morgan fingerprint density at radius 3 is 2.79 bits per heavy atom. The van der Waals surface area contributed by atoms with Crippen LogP contribution in [0.3, 0.4) is 0 Å². The molecule has 0 aromatic carbocycles. The van der Waals surface area contributed by atoms with Crippen LogP contribution in [0.4, 0.5) is 18.9 Å². The molecule has 0 aliphatic carbocycles. The zero-order valence-corrected chi connectivity index (χ0v) is 10.9. The van der Waals surface area contributed by atoms with E-state index >= 15 is 0 Å². The summed E-state index contributed by atoms with van der Waals surface area (Å²) in [6.45, 7) is 4.65. The van der Waals surface area contributed by atoms with Crippen molar-refractivity contribution < 1.29 is 13.2 Å². The first-order valence-electron chi connectivity index (χ1n) is 6.52. The zero-order valence-electron chi connectivity index (χ0n) is 10.9. The van der Waals surface area contributed by atoms with E-state index in [0.29, 0.717) is 6.04 Å². The lowest BCUT2D eigenvalue weighted by Crippen LogP contribution is -2.45. The maximum Gasteiger partial charge on any atom is 0.433 e. The summed E-state index contributed by atoms with van der Waals surface area (Å²) in [7, 11) is 0. The maximum atomic E-state index is 12.4. The third-order valence-corrected chi connectivity index (χ3v) is 3.32. The molecular weight excluding hydrogens is 255 g/mol. The SMILES string of the molecule is CCNC1CCCN(c2ccc(C(F)(F)F)nc2)C1. The highest BCUT2D eigenvalue weighted by molar-refractivity contribution is 5.45. The van der Waals surface area contributed by atoms with Gasteiger partial charge in [0.15, 0.2) is 0 Å². The molecule has 2 rings (SSSR count). The summed E-state index contributed by atoms with van der Waals surface area (Å²) in [5, 5.41) is 3.38. The fraction of sp³-hybridized carbons (Fsp3) is 0.615. The van der Waals surface area contributed by atoms with Crippen molar-refractivity contribution in [3.8, 4) is 0 Å². The number of anilines is 1. The Bertz CT molecular complexity index is 401. The van der Waals surface area contributed by atoms with Gasteiger partial charge in [-0.05, 0) is 31.5 Å². The number of nitrogens with one attached hydrogen (secondary N) is 1. The molecule has 1 N–H and O–H groups in total. The van der Waals surface area contributed by atoms with Crippen LogP contribution in [0.1, 0.15) is 25.5 Å². The van der Waals surface area contributed by atoms with E-state index < -0.39 is 11.9 Å². The van der Waals surface area contributed by atoms with Gasteiger partial charge in [0.25, 0.3) is 0 Å². The molecule has 1 saturated heterocycles. The fourth-order valence-electron chi connectivity index (χ4n) is 2.41. The van der Waals surface area contributed by atoms with Crippen LogP contribution in [-0.2, 0) is 6.18 Å². The van der Waals surface area contributed by atoms with Crippen LogP contribution in [0.2, 0.25) is 0 Å². The number of nitrogens with zero attached hydrogens (tertiary/aromatic N) is 2. The van der Waals surface area contributed by atoms with Gasteiger partial charge in [0.05, 0.1) is 11.9 Å². The molecule has 1 aromatic heterocycles. The van der Waals surface area contributed by atoms with Crippen LogP contribution in [0, 0.1) is 0 Å². The van der Waals surface area contributed by atoms with E-state index in [1.54, 1.807) is 0 Å². The lowest BCUT2D eigenvalue weighted by atomic mass is 10.1. The van der Waals surface area contributed by atoms with Gasteiger partial charge in [-0.25, -0.2) is 4.98 Å². The summed E-state index contributed by atoms with van der Waals surface area (Å²) in [5.41, 5.74) is -0.0768. The zero-order chi connectivity index (χ0) is 13.9. The Kier molecular flexibility index (Phi) is 4.29. The molecule has 6 heteroatoms. The van der Waals surface area contributed by atoms with E-state index in [0.717, 1.165) is 44.2 Å². The van der Waals surface area contributed by atoms with E-state index in [4.69, 9.17) is 0 Å². The number of alkyl halides is 3. The van der Waals surface area contributed by atoms with Crippen molar-refractivity contribution in [3.05, 3.63) is 24.0 Å². The summed E-state index contributed by atoms with van der Waals surface area (Å²) >= 11 is 0. The minimum atomic E-state index is -4.37. The topological polar surface area (TPSA) is 28.2 Å². The predicted octanol–water partition coefficient (Wildman–Crippen LogP) is 2.68. The van der Waals surface area contributed by atoms with Gasteiger partial charge in [0.1, 0.15) is 5.69 Å². The Balaban J connectivity index is 2.05. The summed E-state index contributed by atoms with van der Waals surface area (Å²) in [6, 6.07) is 2.96. The van der Waals surface area contributed by atoms with Gasteiger partial charge >= 0.3 is 6.18 Å². The molecule has 1 aliphatic heterocycles. The Morgan fingerprint density at radius 1 is 1.42 bits per heavy atom. The van der Waals surface area contributed by atoms with Crippen molar-refractivity contribution in [1.29, 1.82) is 0 Å². The van der Waals surface area contributed by atoms with Crippen molar-refractivity contribution in [2.24, 2.45) is 0 Å². The molecule has 1 aliphatic rings. The first-order valence-corrected chi connectivity index (χ1v) is 6.52. The highest BCUT2D eigenvalue weighted by Crippen LogP contribution is 2.29. The molecule has 0 amide bonds. The van der Waals surface area contributed by atoms with Crippen molar-refractivity contribution in [2.45, 2.75) is 32.0 Å². The van der Waals surface area contributed by atoms with Gasteiger partial charge in [-0.3, -0.25) is 0 Å². The Labute approximate surface area is 110 Å². The van der Waals surface area contributed by atoms with Gasteiger partial charge in [-0.1, -0.05) is 6.92 Å². The predicted molar refractivity (Wildman–Crippen MR) is 68.2 cm³/mol. The molecule has 1 fully saturated rings. The maximum absolute atomic E-state index is 12.4. The van der Waals surface area contributed by atoms with Crippen LogP contribution in [0.15, 0.2) is 18.3 Å². The highest BCUT2D eigenvalue weighted by atomic mass is 19.4. The summed E-state index contributed by atoms with van der Waals surface area (Å²) in [6.07, 6.45) is -0.902. The van der Waals surface area contributed by atoms with E-state index in [9.17, 15) is 13.2 Å². The second-order valence-electron chi connectivity index (χ2n) is 4.74. The standard InChI is InChI=1S/C13H18F3N3/c1-2-17-10-4-3-7-19(9-10)11-5-6-12(18-8-11)13(14,15)16/h5-6,8,10,17H,2-4,7,9H2,1H3. The molecule has 0 spiro atoms. The first kappa shape index (κ1) is 14.1. The van der Waals surface area contributed by atoms with Crippen molar-refractivity contribution in [1.82, 2.24) is 10.3 Å². The first-order chi connectivity index (χ1) is 9.00. The normalized spacial score (nSPS) is 20.6.